The van der Waals surface area contributed by atoms with E-state index in [4.69, 9.17) is 9.47 Å². The van der Waals surface area contributed by atoms with E-state index in [0.717, 1.165) is 18.0 Å². The van der Waals surface area contributed by atoms with Gasteiger partial charge in [-0.25, -0.2) is 4.98 Å². The van der Waals surface area contributed by atoms with Crippen molar-refractivity contribution < 1.29 is 9.47 Å². The summed E-state index contributed by atoms with van der Waals surface area (Å²) in [6.45, 7) is 1.13. The van der Waals surface area contributed by atoms with E-state index in [2.05, 4.69) is 27.1 Å². The van der Waals surface area contributed by atoms with Crippen LogP contribution in [0.2, 0.25) is 0 Å². The summed E-state index contributed by atoms with van der Waals surface area (Å²) < 4.78 is 13.2. The highest BCUT2D eigenvalue weighted by molar-refractivity contribution is 5.48. The van der Waals surface area contributed by atoms with E-state index < -0.39 is 0 Å². The quantitative estimate of drug-likeness (QED) is 0.937. The summed E-state index contributed by atoms with van der Waals surface area (Å²) in [5.41, 5.74) is 1.17. The van der Waals surface area contributed by atoms with E-state index >= 15 is 0 Å². The Labute approximate surface area is 123 Å². The number of rotatable bonds is 4. The van der Waals surface area contributed by atoms with Crippen molar-refractivity contribution in [2.45, 2.75) is 37.9 Å². The van der Waals surface area contributed by atoms with Crippen LogP contribution in [-0.4, -0.2) is 22.4 Å². The van der Waals surface area contributed by atoms with Gasteiger partial charge in [-0.3, -0.25) is 0 Å². The number of nitrogens with zero attached hydrogens (tertiary/aromatic N) is 2. The predicted molar refractivity (Wildman–Crippen MR) is 78.3 cm³/mol. The molecular weight excluding hydrogens is 266 g/mol. The third-order valence-corrected chi connectivity index (χ3v) is 4.42. The fourth-order valence-corrected chi connectivity index (χ4v) is 3.37. The first-order chi connectivity index (χ1) is 10.4. The molecule has 2 aromatic rings. The summed E-state index contributed by atoms with van der Waals surface area (Å²) in [6, 6.07) is 7.06. The molecule has 2 atom stereocenters. The Balaban J connectivity index is 1.46. The third-order valence-electron chi connectivity index (χ3n) is 4.42. The average molecular weight is 285 g/mol. The summed E-state index contributed by atoms with van der Waals surface area (Å²) in [4.78, 5) is 4.17. The van der Waals surface area contributed by atoms with Crippen LogP contribution < -0.4 is 14.8 Å². The van der Waals surface area contributed by atoms with Crippen molar-refractivity contribution in [1.82, 2.24) is 14.9 Å². The molecule has 1 aliphatic heterocycles. The SMILES string of the molecule is c1cc(CNC2CCCC2n2ccnc2)c2c(c1)OCO2. The van der Waals surface area contributed by atoms with Crippen LogP contribution in [0.4, 0.5) is 0 Å². The van der Waals surface area contributed by atoms with Crippen molar-refractivity contribution in [1.29, 1.82) is 0 Å². The van der Waals surface area contributed by atoms with E-state index in [1.165, 1.54) is 24.8 Å². The minimum atomic E-state index is 0.327. The number of hydrogen-bond donors (Lipinski definition) is 1. The predicted octanol–water partition coefficient (Wildman–Crippen LogP) is 2.50. The van der Waals surface area contributed by atoms with Gasteiger partial charge in [-0.15, -0.1) is 0 Å². The van der Waals surface area contributed by atoms with Crippen molar-refractivity contribution >= 4 is 0 Å². The number of benzene rings is 1. The van der Waals surface area contributed by atoms with E-state index in [1.807, 2.05) is 24.7 Å². The molecule has 1 saturated carbocycles. The summed E-state index contributed by atoms with van der Waals surface area (Å²) in [5, 5.41) is 3.68. The summed E-state index contributed by atoms with van der Waals surface area (Å²) in [6.07, 6.45) is 9.50. The first-order valence-electron chi connectivity index (χ1n) is 7.50. The lowest BCUT2D eigenvalue weighted by Gasteiger charge is -2.22. The molecule has 0 radical (unpaired) electrons. The first kappa shape index (κ1) is 12.7. The van der Waals surface area contributed by atoms with Gasteiger partial charge in [0.2, 0.25) is 6.79 Å². The Hall–Kier alpha value is -2.01. The number of ether oxygens (including phenoxy) is 2. The second kappa shape index (κ2) is 5.41. The Morgan fingerprint density at radius 2 is 2.29 bits per heavy atom. The minimum Gasteiger partial charge on any atom is -0.454 e. The largest absolute Gasteiger partial charge is 0.454 e. The maximum absolute atomic E-state index is 5.57. The molecule has 21 heavy (non-hydrogen) atoms. The molecule has 1 aliphatic carbocycles. The molecule has 5 heteroatoms. The standard InChI is InChI=1S/C16H19N3O2/c1-3-12(16-15(6-1)20-11-21-16)9-18-13-4-2-5-14(13)19-8-7-17-10-19/h1,3,6-8,10,13-14,18H,2,4-5,9,11H2. The molecule has 1 aromatic heterocycles. The van der Waals surface area contributed by atoms with Crippen LogP contribution in [0.25, 0.3) is 0 Å². The molecule has 1 fully saturated rings. The minimum absolute atomic E-state index is 0.327. The molecule has 5 nitrogen and oxygen atoms in total. The van der Waals surface area contributed by atoms with Gasteiger partial charge in [-0.1, -0.05) is 12.1 Å². The number of aromatic nitrogens is 2. The maximum Gasteiger partial charge on any atom is 0.231 e. The number of nitrogens with one attached hydrogen (secondary N) is 1. The monoisotopic (exact) mass is 285 g/mol. The van der Waals surface area contributed by atoms with Crippen LogP contribution >= 0.6 is 0 Å². The zero-order chi connectivity index (χ0) is 14.1. The Bertz CT molecular complexity index is 612. The third kappa shape index (κ3) is 2.38. The molecule has 2 aliphatic rings. The zero-order valence-electron chi connectivity index (χ0n) is 11.9. The van der Waals surface area contributed by atoms with Gasteiger partial charge in [0.1, 0.15) is 0 Å². The molecule has 2 heterocycles. The van der Waals surface area contributed by atoms with Crippen molar-refractivity contribution in [2.75, 3.05) is 6.79 Å². The topological polar surface area (TPSA) is 48.3 Å². The van der Waals surface area contributed by atoms with E-state index in [0.29, 0.717) is 18.9 Å². The zero-order valence-corrected chi connectivity index (χ0v) is 11.9. The lowest BCUT2D eigenvalue weighted by Crippen LogP contribution is -2.33. The molecule has 0 spiro atoms. The van der Waals surface area contributed by atoms with Gasteiger partial charge in [-0.2, -0.15) is 0 Å². The summed E-state index contributed by atoms with van der Waals surface area (Å²) in [7, 11) is 0. The van der Waals surface area contributed by atoms with Crippen LogP contribution in [0, 0.1) is 0 Å². The van der Waals surface area contributed by atoms with Gasteiger partial charge in [-0.05, 0) is 25.3 Å². The fourth-order valence-electron chi connectivity index (χ4n) is 3.37. The smallest absolute Gasteiger partial charge is 0.231 e. The van der Waals surface area contributed by atoms with E-state index in [1.54, 1.807) is 0 Å². The fraction of sp³-hybridized carbons (Fsp3) is 0.438. The summed E-state index contributed by atoms with van der Waals surface area (Å²) in [5.74, 6) is 1.74. The van der Waals surface area contributed by atoms with Crippen molar-refractivity contribution in [3.63, 3.8) is 0 Å². The highest BCUT2D eigenvalue weighted by atomic mass is 16.7. The lowest BCUT2D eigenvalue weighted by atomic mass is 10.1. The van der Waals surface area contributed by atoms with Gasteiger partial charge < -0.3 is 19.4 Å². The van der Waals surface area contributed by atoms with Crippen molar-refractivity contribution in [3.8, 4) is 11.5 Å². The molecular formula is C16H19N3O2. The summed E-state index contributed by atoms with van der Waals surface area (Å²) >= 11 is 0. The average Bonchev–Trinajstić information content (AvgIpc) is 3.23. The number of hydrogen-bond acceptors (Lipinski definition) is 4. The van der Waals surface area contributed by atoms with E-state index in [9.17, 15) is 0 Å². The second-order valence-electron chi connectivity index (χ2n) is 5.65. The molecule has 1 aromatic carbocycles. The first-order valence-corrected chi connectivity index (χ1v) is 7.50. The van der Waals surface area contributed by atoms with Crippen LogP contribution in [-0.2, 0) is 6.54 Å². The number of para-hydroxylation sites is 1. The second-order valence-corrected chi connectivity index (χ2v) is 5.65. The normalized spacial score (nSPS) is 23.6. The van der Waals surface area contributed by atoms with Gasteiger partial charge >= 0.3 is 0 Å². The van der Waals surface area contributed by atoms with Crippen molar-refractivity contribution in [3.05, 3.63) is 42.5 Å². The molecule has 2 unspecified atom stereocenters. The molecule has 110 valence electrons. The molecule has 0 bridgehead atoms. The number of fused-ring (bicyclic) bond motifs is 1. The van der Waals surface area contributed by atoms with Crippen LogP contribution in [0.5, 0.6) is 11.5 Å². The molecule has 0 saturated heterocycles. The number of imidazole rings is 1. The molecule has 1 N–H and O–H groups in total. The Kier molecular flexibility index (Phi) is 3.27. The molecule has 0 amide bonds. The Morgan fingerprint density at radius 1 is 1.29 bits per heavy atom. The highest BCUT2D eigenvalue weighted by Gasteiger charge is 2.28. The maximum atomic E-state index is 5.57. The highest BCUT2D eigenvalue weighted by Crippen LogP contribution is 2.36. The van der Waals surface area contributed by atoms with Crippen LogP contribution in [0.15, 0.2) is 36.9 Å². The van der Waals surface area contributed by atoms with Gasteiger partial charge in [0.05, 0.1) is 6.33 Å². The Morgan fingerprint density at radius 3 is 3.19 bits per heavy atom. The van der Waals surface area contributed by atoms with Gasteiger partial charge in [0.25, 0.3) is 0 Å². The van der Waals surface area contributed by atoms with Gasteiger partial charge in [0.15, 0.2) is 11.5 Å². The van der Waals surface area contributed by atoms with Crippen molar-refractivity contribution in [2.24, 2.45) is 0 Å². The van der Waals surface area contributed by atoms with Crippen LogP contribution in [0.3, 0.4) is 0 Å². The lowest BCUT2D eigenvalue weighted by molar-refractivity contribution is 0.173. The van der Waals surface area contributed by atoms with Crippen LogP contribution in [0.1, 0.15) is 30.9 Å². The molecule has 4 rings (SSSR count). The van der Waals surface area contributed by atoms with Gasteiger partial charge in [0, 0.05) is 36.6 Å². The van der Waals surface area contributed by atoms with E-state index in [-0.39, 0.29) is 0 Å².